The van der Waals surface area contributed by atoms with Crippen LogP contribution in [0, 0.1) is 0 Å². The van der Waals surface area contributed by atoms with Gasteiger partial charge in [0.05, 0.1) is 22.9 Å². The Hall–Kier alpha value is -2.45. The topological polar surface area (TPSA) is 112 Å². The van der Waals surface area contributed by atoms with Gasteiger partial charge in [-0.25, -0.2) is 9.59 Å². The standard InChI is InChI=1S/C21H26O8/c1-11(2)18(23)27-15-9-21(5)16(29-21)6-7-20(4,25)8-14-17(15)13(19(24)28-14)10-26-12(3)22/h8,15-16,25H,1,6-7,9-10H2,2-5H3/b14-8+/t15?,16-,20-,21+/m0/s1. The van der Waals surface area contributed by atoms with Crippen LogP contribution in [0.15, 0.2) is 35.1 Å². The summed E-state index contributed by atoms with van der Waals surface area (Å²) in [5, 5.41) is 10.8. The lowest BCUT2D eigenvalue weighted by Crippen LogP contribution is -2.31. The molecule has 1 saturated heterocycles. The van der Waals surface area contributed by atoms with E-state index in [1.807, 2.05) is 6.92 Å². The van der Waals surface area contributed by atoms with Crippen molar-refractivity contribution in [2.24, 2.45) is 0 Å². The van der Waals surface area contributed by atoms with Gasteiger partial charge in [0, 0.05) is 24.5 Å². The molecule has 1 N–H and O–H groups in total. The summed E-state index contributed by atoms with van der Waals surface area (Å²) < 4.78 is 21.9. The monoisotopic (exact) mass is 406 g/mol. The van der Waals surface area contributed by atoms with Gasteiger partial charge in [-0.05, 0) is 39.7 Å². The molecule has 1 unspecified atom stereocenters. The van der Waals surface area contributed by atoms with Crippen LogP contribution in [0.5, 0.6) is 0 Å². The molecular formula is C21H26O8. The van der Waals surface area contributed by atoms with Crippen LogP contribution in [0.2, 0.25) is 0 Å². The smallest absolute Gasteiger partial charge is 0.343 e. The van der Waals surface area contributed by atoms with E-state index in [4.69, 9.17) is 18.9 Å². The Labute approximate surface area is 169 Å². The number of ether oxygens (including phenoxy) is 4. The van der Waals surface area contributed by atoms with Crippen molar-refractivity contribution >= 4 is 17.9 Å². The first kappa shape index (κ1) is 21.3. The molecule has 29 heavy (non-hydrogen) atoms. The second kappa shape index (κ2) is 7.42. The van der Waals surface area contributed by atoms with Gasteiger partial charge in [-0.3, -0.25) is 4.79 Å². The maximum absolute atomic E-state index is 12.5. The van der Waals surface area contributed by atoms with Gasteiger partial charge >= 0.3 is 17.9 Å². The number of epoxide rings is 1. The van der Waals surface area contributed by atoms with Gasteiger partial charge in [0.2, 0.25) is 0 Å². The van der Waals surface area contributed by atoms with Gasteiger partial charge in [-0.1, -0.05) is 6.58 Å². The molecule has 0 radical (unpaired) electrons. The highest BCUT2D eigenvalue weighted by Gasteiger charge is 2.55. The Bertz CT molecular complexity index is 834. The van der Waals surface area contributed by atoms with Crippen LogP contribution in [0.25, 0.3) is 0 Å². The van der Waals surface area contributed by atoms with E-state index >= 15 is 0 Å². The Morgan fingerprint density at radius 3 is 2.66 bits per heavy atom. The molecule has 0 aromatic carbocycles. The largest absolute Gasteiger partial charge is 0.461 e. The van der Waals surface area contributed by atoms with Crippen molar-refractivity contribution in [3.63, 3.8) is 0 Å². The molecule has 3 aliphatic rings. The molecule has 0 spiro atoms. The van der Waals surface area contributed by atoms with E-state index < -0.39 is 35.2 Å². The predicted octanol–water partition coefficient (Wildman–Crippen LogP) is 1.87. The average Bonchev–Trinajstić information content (AvgIpc) is 3.13. The predicted molar refractivity (Wildman–Crippen MR) is 100 cm³/mol. The molecule has 0 aromatic rings. The quantitative estimate of drug-likeness (QED) is 0.326. The number of carbonyl (C=O) groups excluding carboxylic acids is 3. The van der Waals surface area contributed by atoms with E-state index in [9.17, 15) is 19.5 Å². The average molecular weight is 406 g/mol. The molecule has 0 aromatic heterocycles. The van der Waals surface area contributed by atoms with Gasteiger partial charge in [0.15, 0.2) is 0 Å². The third-order valence-corrected chi connectivity index (χ3v) is 5.36. The first-order chi connectivity index (χ1) is 13.4. The molecular weight excluding hydrogens is 380 g/mol. The van der Waals surface area contributed by atoms with E-state index in [1.54, 1.807) is 6.92 Å². The summed E-state index contributed by atoms with van der Waals surface area (Å²) in [5.74, 6) is -1.80. The van der Waals surface area contributed by atoms with Crippen molar-refractivity contribution < 1.29 is 38.4 Å². The fraction of sp³-hybridized carbons (Fsp3) is 0.571. The zero-order valence-corrected chi connectivity index (χ0v) is 17.1. The molecule has 3 rings (SSSR count). The number of hydrogen-bond acceptors (Lipinski definition) is 8. The summed E-state index contributed by atoms with van der Waals surface area (Å²) in [6.45, 7) is 9.51. The fourth-order valence-electron chi connectivity index (χ4n) is 3.66. The number of esters is 3. The first-order valence-electron chi connectivity index (χ1n) is 9.50. The second-order valence-electron chi connectivity index (χ2n) is 8.26. The van der Waals surface area contributed by atoms with Crippen LogP contribution < -0.4 is 0 Å². The molecule has 1 fully saturated rings. The molecule has 2 aliphatic heterocycles. The highest BCUT2D eigenvalue weighted by molar-refractivity contribution is 5.96. The molecule has 2 heterocycles. The van der Waals surface area contributed by atoms with Crippen LogP contribution >= 0.6 is 0 Å². The van der Waals surface area contributed by atoms with E-state index in [-0.39, 0.29) is 41.6 Å². The highest BCUT2D eigenvalue weighted by Crippen LogP contribution is 2.48. The third kappa shape index (κ3) is 4.59. The third-order valence-electron chi connectivity index (χ3n) is 5.36. The molecule has 0 saturated carbocycles. The molecule has 1 aliphatic carbocycles. The fourth-order valence-corrected chi connectivity index (χ4v) is 3.66. The molecule has 0 amide bonds. The number of rotatable bonds is 4. The van der Waals surface area contributed by atoms with Crippen molar-refractivity contribution in [3.05, 3.63) is 35.1 Å². The van der Waals surface area contributed by atoms with E-state index in [2.05, 4.69) is 6.58 Å². The number of fused-ring (bicyclic) bond motifs is 2. The van der Waals surface area contributed by atoms with Gasteiger partial charge in [0.1, 0.15) is 18.5 Å². The SMILES string of the molecule is C=C(C)C(=O)OC1C[C@@]2(C)O[C@H]2CC[C@](C)(O)/C=C2/OC(=O)C(COC(C)=O)=C21. The van der Waals surface area contributed by atoms with E-state index in [0.717, 1.165) is 0 Å². The Balaban J connectivity index is 2.10. The van der Waals surface area contributed by atoms with Crippen molar-refractivity contribution in [1.29, 1.82) is 0 Å². The minimum atomic E-state index is -1.27. The zero-order valence-electron chi connectivity index (χ0n) is 17.1. The minimum absolute atomic E-state index is 0.0724. The van der Waals surface area contributed by atoms with Crippen LogP contribution in [0.1, 0.15) is 47.0 Å². The van der Waals surface area contributed by atoms with E-state index in [1.165, 1.54) is 19.9 Å². The number of aliphatic hydroxyl groups is 1. The summed E-state index contributed by atoms with van der Waals surface area (Å²) in [4.78, 5) is 36.1. The minimum Gasteiger partial charge on any atom is -0.461 e. The summed E-state index contributed by atoms with van der Waals surface area (Å²) in [7, 11) is 0. The molecule has 8 heteroatoms. The van der Waals surface area contributed by atoms with Crippen LogP contribution in [0.3, 0.4) is 0 Å². The summed E-state index contributed by atoms with van der Waals surface area (Å²) in [5.41, 5.74) is -1.30. The summed E-state index contributed by atoms with van der Waals surface area (Å²) >= 11 is 0. The van der Waals surface area contributed by atoms with Crippen molar-refractivity contribution in [2.75, 3.05) is 6.61 Å². The van der Waals surface area contributed by atoms with Gasteiger partial charge in [-0.2, -0.15) is 0 Å². The highest BCUT2D eigenvalue weighted by atomic mass is 16.6. The van der Waals surface area contributed by atoms with Crippen LogP contribution in [-0.2, 0) is 33.3 Å². The lowest BCUT2D eigenvalue weighted by atomic mass is 9.86. The van der Waals surface area contributed by atoms with Crippen LogP contribution in [0.4, 0.5) is 0 Å². The molecule has 0 bridgehead atoms. The maximum atomic E-state index is 12.5. The summed E-state index contributed by atoms with van der Waals surface area (Å²) in [6.07, 6.45) is 1.72. The summed E-state index contributed by atoms with van der Waals surface area (Å²) in [6, 6.07) is 0. The number of carbonyl (C=O) groups is 3. The number of hydrogen-bond donors (Lipinski definition) is 1. The maximum Gasteiger partial charge on any atom is 0.343 e. The zero-order chi connectivity index (χ0) is 21.6. The first-order valence-corrected chi connectivity index (χ1v) is 9.50. The van der Waals surface area contributed by atoms with Crippen molar-refractivity contribution in [2.45, 2.75) is 70.4 Å². The van der Waals surface area contributed by atoms with Gasteiger partial charge in [-0.15, -0.1) is 0 Å². The Morgan fingerprint density at radius 2 is 2.03 bits per heavy atom. The Morgan fingerprint density at radius 1 is 1.34 bits per heavy atom. The molecule has 4 atom stereocenters. The van der Waals surface area contributed by atoms with Crippen molar-refractivity contribution in [3.8, 4) is 0 Å². The lowest BCUT2D eigenvalue weighted by molar-refractivity contribution is -0.144. The molecule has 158 valence electrons. The second-order valence-corrected chi connectivity index (χ2v) is 8.26. The molecule has 8 nitrogen and oxygen atoms in total. The normalized spacial score (nSPS) is 35.5. The van der Waals surface area contributed by atoms with Gasteiger partial charge < -0.3 is 24.1 Å². The van der Waals surface area contributed by atoms with Crippen LogP contribution in [-0.4, -0.2) is 53.0 Å². The van der Waals surface area contributed by atoms with Crippen molar-refractivity contribution in [1.82, 2.24) is 0 Å². The van der Waals surface area contributed by atoms with E-state index in [0.29, 0.717) is 12.8 Å². The Kier molecular flexibility index (Phi) is 5.44. The lowest BCUT2D eigenvalue weighted by Gasteiger charge is -2.26. The van der Waals surface area contributed by atoms with Gasteiger partial charge in [0.25, 0.3) is 0 Å².